The highest BCUT2D eigenvalue weighted by molar-refractivity contribution is 9.10. The molecule has 0 fully saturated rings. The minimum absolute atomic E-state index is 0.0150. The van der Waals surface area contributed by atoms with Crippen molar-refractivity contribution in [3.05, 3.63) is 62.9 Å². The van der Waals surface area contributed by atoms with E-state index >= 15 is 0 Å². The Balaban J connectivity index is 2.43. The van der Waals surface area contributed by atoms with E-state index in [4.69, 9.17) is 0 Å². The fourth-order valence-electron chi connectivity index (χ4n) is 1.85. The quantitative estimate of drug-likeness (QED) is 0.785. The van der Waals surface area contributed by atoms with Crippen molar-refractivity contribution in [1.82, 2.24) is 4.98 Å². The summed E-state index contributed by atoms with van der Waals surface area (Å²) in [5.41, 5.74) is 4.38. The molecule has 0 radical (unpaired) electrons. The molecule has 0 saturated heterocycles. The molecule has 1 aromatic carbocycles. The van der Waals surface area contributed by atoms with Gasteiger partial charge in [0, 0.05) is 27.5 Å². The summed E-state index contributed by atoms with van der Waals surface area (Å²) in [4.78, 5) is 16.5. The number of hydrogen-bond acceptors (Lipinski definition) is 2. The minimum Gasteiger partial charge on any atom is -0.289 e. The van der Waals surface area contributed by atoms with Gasteiger partial charge in [-0.25, -0.2) is 0 Å². The van der Waals surface area contributed by atoms with E-state index in [0.717, 1.165) is 21.3 Å². The molecular formula is C15H14BrNO. The second-order valence-electron chi connectivity index (χ2n) is 4.44. The number of aryl methyl sites for hydroxylation is 3. The summed E-state index contributed by atoms with van der Waals surface area (Å²) in [5.74, 6) is 0.0150. The molecule has 0 unspecified atom stereocenters. The summed E-state index contributed by atoms with van der Waals surface area (Å²) in [6.45, 7) is 5.88. The molecule has 0 amide bonds. The monoisotopic (exact) mass is 303 g/mol. The van der Waals surface area contributed by atoms with Crippen molar-refractivity contribution in [1.29, 1.82) is 0 Å². The summed E-state index contributed by atoms with van der Waals surface area (Å²) in [6.07, 6.45) is 1.63. The van der Waals surface area contributed by atoms with Crippen molar-refractivity contribution in [2.45, 2.75) is 20.8 Å². The van der Waals surface area contributed by atoms with E-state index < -0.39 is 0 Å². The van der Waals surface area contributed by atoms with E-state index in [1.54, 1.807) is 6.20 Å². The lowest BCUT2D eigenvalue weighted by atomic mass is 10.0. The van der Waals surface area contributed by atoms with E-state index in [0.29, 0.717) is 11.1 Å². The second kappa shape index (κ2) is 5.02. The number of carbonyl (C=O) groups excluding carboxylic acids is 1. The largest absolute Gasteiger partial charge is 0.289 e. The van der Waals surface area contributed by atoms with Gasteiger partial charge in [-0.2, -0.15) is 0 Å². The fourth-order valence-corrected chi connectivity index (χ4v) is 2.07. The third-order valence-corrected chi connectivity index (χ3v) is 4.12. The molecule has 0 saturated carbocycles. The van der Waals surface area contributed by atoms with E-state index in [-0.39, 0.29) is 5.78 Å². The Labute approximate surface area is 115 Å². The predicted molar refractivity (Wildman–Crippen MR) is 76.0 cm³/mol. The number of halogens is 1. The molecule has 18 heavy (non-hydrogen) atoms. The van der Waals surface area contributed by atoms with Gasteiger partial charge in [0.2, 0.25) is 0 Å². The molecule has 0 bridgehead atoms. The van der Waals surface area contributed by atoms with Crippen LogP contribution in [-0.2, 0) is 0 Å². The molecule has 2 aromatic rings. The maximum atomic E-state index is 12.3. The maximum Gasteiger partial charge on any atom is 0.194 e. The summed E-state index contributed by atoms with van der Waals surface area (Å²) in [6, 6.07) is 7.47. The van der Waals surface area contributed by atoms with Crippen LogP contribution in [0, 0.1) is 20.8 Å². The average molecular weight is 304 g/mol. The van der Waals surface area contributed by atoms with Gasteiger partial charge in [-0.3, -0.25) is 9.78 Å². The smallest absolute Gasteiger partial charge is 0.194 e. The summed E-state index contributed by atoms with van der Waals surface area (Å²) >= 11 is 3.50. The molecule has 0 spiro atoms. The van der Waals surface area contributed by atoms with Crippen LogP contribution >= 0.6 is 15.9 Å². The van der Waals surface area contributed by atoms with Crippen molar-refractivity contribution in [3.63, 3.8) is 0 Å². The molecule has 2 rings (SSSR count). The predicted octanol–water partition coefficient (Wildman–Crippen LogP) is 4.00. The van der Waals surface area contributed by atoms with Crippen LogP contribution < -0.4 is 0 Å². The Hall–Kier alpha value is -1.48. The zero-order valence-corrected chi connectivity index (χ0v) is 12.2. The van der Waals surface area contributed by atoms with Crippen molar-refractivity contribution in [2.75, 3.05) is 0 Å². The van der Waals surface area contributed by atoms with Gasteiger partial charge >= 0.3 is 0 Å². The summed E-state index contributed by atoms with van der Waals surface area (Å²) < 4.78 is 1.06. The van der Waals surface area contributed by atoms with Crippen LogP contribution in [0.2, 0.25) is 0 Å². The first-order chi connectivity index (χ1) is 8.49. The molecule has 92 valence electrons. The fraction of sp³-hybridized carbons (Fsp3) is 0.200. The van der Waals surface area contributed by atoms with Crippen molar-refractivity contribution >= 4 is 21.7 Å². The van der Waals surface area contributed by atoms with Crippen LogP contribution in [0.3, 0.4) is 0 Å². The van der Waals surface area contributed by atoms with Gasteiger partial charge in [0.1, 0.15) is 0 Å². The Kier molecular flexibility index (Phi) is 3.62. The molecule has 0 N–H and O–H groups in total. The lowest BCUT2D eigenvalue weighted by molar-refractivity contribution is 0.103. The topological polar surface area (TPSA) is 30.0 Å². The van der Waals surface area contributed by atoms with Crippen LogP contribution in [0.1, 0.15) is 32.7 Å². The van der Waals surface area contributed by atoms with Crippen molar-refractivity contribution < 1.29 is 4.79 Å². The zero-order chi connectivity index (χ0) is 13.3. The number of hydrogen-bond donors (Lipinski definition) is 0. The molecule has 3 heteroatoms. The van der Waals surface area contributed by atoms with Crippen LogP contribution in [0.4, 0.5) is 0 Å². The van der Waals surface area contributed by atoms with E-state index in [1.807, 2.05) is 45.0 Å². The molecule has 1 aromatic heterocycles. The molecule has 2 nitrogen and oxygen atoms in total. The molecule has 0 aliphatic heterocycles. The Morgan fingerprint density at radius 3 is 2.17 bits per heavy atom. The number of benzene rings is 1. The SMILES string of the molecule is Cc1ccc(C(=O)c2cc(C)c(Br)c(C)c2)cn1. The van der Waals surface area contributed by atoms with E-state index in [1.165, 1.54) is 0 Å². The number of aromatic nitrogens is 1. The van der Waals surface area contributed by atoms with Gasteiger partial charge in [-0.15, -0.1) is 0 Å². The Bertz CT molecular complexity index is 579. The normalized spacial score (nSPS) is 10.4. The van der Waals surface area contributed by atoms with Crippen molar-refractivity contribution in [3.8, 4) is 0 Å². The molecule has 0 atom stereocenters. The van der Waals surface area contributed by atoms with Gasteiger partial charge in [0.05, 0.1) is 0 Å². The van der Waals surface area contributed by atoms with Gasteiger partial charge in [-0.05, 0) is 56.2 Å². The van der Waals surface area contributed by atoms with Crippen molar-refractivity contribution in [2.24, 2.45) is 0 Å². The number of carbonyl (C=O) groups is 1. The zero-order valence-electron chi connectivity index (χ0n) is 10.6. The maximum absolute atomic E-state index is 12.3. The van der Waals surface area contributed by atoms with Gasteiger partial charge in [-0.1, -0.05) is 15.9 Å². The standard InChI is InChI=1S/C15H14BrNO/c1-9-6-13(7-10(2)14(9)16)15(18)12-5-4-11(3)17-8-12/h4-8H,1-3H3. The second-order valence-corrected chi connectivity index (χ2v) is 5.23. The lowest BCUT2D eigenvalue weighted by Crippen LogP contribution is -2.03. The molecule has 0 aliphatic rings. The number of rotatable bonds is 2. The molecule has 0 aliphatic carbocycles. The number of pyridine rings is 1. The van der Waals surface area contributed by atoms with Gasteiger partial charge < -0.3 is 0 Å². The van der Waals surface area contributed by atoms with Gasteiger partial charge in [0.25, 0.3) is 0 Å². The third-order valence-electron chi connectivity index (χ3n) is 2.87. The summed E-state index contributed by atoms with van der Waals surface area (Å²) in [7, 11) is 0. The Morgan fingerprint density at radius 1 is 1.06 bits per heavy atom. The van der Waals surface area contributed by atoms with Crippen LogP contribution in [0.25, 0.3) is 0 Å². The van der Waals surface area contributed by atoms with Crippen LogP contribution in [0.15, 0.2) is 34.9 Å². The van der Waals surface area contributed by atoms with Crippen LogP contribution in [-0.4, -0.2) is 10.8 Å². The third kappa shape index (κ3) is 2.51. The lowest BCUT2D eigenvalue weighted by Gasteiger charge is -2.07. The first-order valence-corrected chi connectivity index (χ1v) is 6.52. The minimum atomic E-state index is 0.0150. The first-order valence-electron chi connectivity index (χ1n) is 5.73. The highest BCUT2D eigenvalue weighted by Gasteiger charge is 2.12. The van der Waals surface area contributed by atoms with E-state index in [9.17, 15) is 4.79 Å². The number of nitrogens with zero attached hydrogens (tertiary/aromatic N) is 1. The highest BCUT2D eigenvalue weighted by Crippen LogP contribution is 2.23. The Morgan fingerprint density at radius 2 is 1.67 bits per heavy atom. The summed E-state index contributed by atoms with van der Waals surface area (Å²) in [5, 5.41) is 0. The van der Waals surface area contributed by atoms with Gasteiger partial charge in [0.15, 0.2) is 5.78 Å². The highest BCUT2D eigenvalue weighted by atomic mass is 79.9. The first kappa shape index (κ1) is 13.0. The molecule has 1 heterocycles. The van der Waals surface area contributed by atoms with Crippen LogP contribution in [0.5, 0.6) is 0 Å². The number of ketones is 1. The van der Waals surface area contributed by atoms with E-state index in [2.05, 4.69) is 20.9 Å². The molecular weight excluding hydrogens is 290 g/mol. The average Bonchev–Trinajstić information content (AvgIpc) is 2.35.